The van der Waals surface area contributed by atoms with Gasteiger partial charge >= 0.3 is 0 Å². The SMILES string of the molecule is CC1CCCN(C(=O)c2ccc(S(N)(=O)=O)cc2F)C1. The predicted octanol–water partition coefficient (Wildman–Crippen LogP) is 1.35. The lowest BCUT2D eigenvalue weighted by Gasteiger charge is -2.31. The first-order valence-corrected chi connectivity index (χ1v) is 7.95. The van der Waals surface area contributed by atoms with Gasteiger partial charge in [-0.1, -0.05) is 6.92 Å². The van der Waals surface area contributed by atoms with Crippen LogP contribution in [0, 0.1) is 11.7 Å². The monoisotopic (exact) mass is 300 g/mol. The molecule has 1 atom stereocenters. The predicted molar refractivity (Wildman–Crippen MR) is 72.1 cm³/mol. The maximum Gasteiger partial charge on any atom is 0.256 e. The van der Waals surface area contributed by atoms with Gasteiger partial charge in [0.05, 0.1) is 10.5 Å². The van der Waals surface area contributed by atoms with Crippen molar-refractivity contribution >= 4 is 15.9 Å². The molecule has 0 aliphatic carbocycles. The van der Waals surface area contributed by atoms with Crippen LogP contribution in [-0.4, -0.2) is 32.3 Å². The summed E-state index contributed by atoms with van der Waals surface area (Å²) in [5.41, 5.74) is -0.119. The third-order valence-electron chi connectivity index (χ3n) is 3.44. The van der Waals surface area contributed by atoms with E-state index >= 15 is 0 Å². The molecule has 1 aromatic rings. The zero-order valence-electron chi connectivity index (χ0n) is 11.2. The third-order valence-corrected chi connectivity index (χ3v) is 4.35. The smallest absolute Gasteiger partial charge is 0.256 e. The van der Waals surface area contributed by atoms with Gasteiger partial charge in [0.1, 0.15) is 5.82 Å². The van der Waals surface area contributed by atoms with Crippen molar-refractivity contribution < 1.29 is 17.6 Å². The summed E-state index contributed by atoms with van der Waals surface area (Å²) in [6.45, 7) is 3.23. The molecule has 1 saturated heterocycles. The largest absolute Gasteiger partial charge is 0.338 e. The molecule has 20 heavy (non-hydrogen) atoms. The summed E-state index contributed by atoms with van der Waals surface area (Å²) in [4.78, 5) is 13.5. The molecule has 1 aliphatic heterocycles. The van der Waals surface area contributed by atoms with Crippen molar-refractivity contribution in [3.63, 3.8) is 0 Å². The van der Waals surface area contributed by atoms with Crippen molar-refractivity contribution in [1.82, 2.24) is 4.90 Å². The molecule has 110 valence electrons. The second-order valence-electron chi connectivity index (χ2n) is 5.19. The van der Waals surface area contributed by atoms with Crippen LogP contribution >= 0.6 is 0 Å². The summed E-state index contributed by atoms with van der Waals surface area (Å²) >= 11 is 0. The van der Waals surface area contributed by atoms with Gasteiger partial charge in [-0.15, -0.1) is 0 Å². The molecule has 5 nitrogen and oxygen atoms in total. The second-order valence-corrected chi connectivity index (χ2v) is 6.75. The first-order valence-electron chi connectivity index (χ1n) is 6.40. The van der Waals surface area contributed by atoms with E-state index in [1.54, 1.807) is 4.90 Å². The highest BCUT2D eigenvalue weighted by Crippen LogP contribution is 2.20. The Balaban J connectivity index is 2.27. The topological polar surface area (TPSA) is 80.5 Å². The van der Waals surface area contributed by atoms with Crippen LogP contribution in [0.1, 0.15) is 30.1 Å². The average Bonchev–Trinajstić information content (AvgIpc) is 2.36. The summed E-state index contributed by atoms with van der Waals surface area (Å²) in [5.74, 6) is -0.880. The summed E-state index contributed by atoms with van der Waals surface area (Å²) in [6, 6.07) is 3.12. The fourth-order valence-electron chi connectivity index (χ4n) is 2.39. The van der Waals surface area contributed by atoms with E-state index in [-0.39, 0.29) is 10.5 Å². The Kier molecular flexibility index (Phi) is 4.10. The van der Waals surface area contributed by atoms with E-state index in [1.165, 1.54) is 6.07 Å². The number of likely N-dealkylation sites (tertiary alicyclic amines) is 1. The fraction of sp³-hybridized carbons (Fsp3) is 0.462. The van der Waals surface area contributed by atoms with Gasteiger partial charge in [0.25, 0.3) is 5.91 Å². The van der Waals surface area contributed by atoms with Gasteiger partial charge < -0.3 is 4.90 Å². The minimum Gasteiger partial charge on any atom is -0.338 e. The van der Waals surface area contributed by atoms with E-state index in [0.717, 1.165) is 25.0 Å². The molecule has 0 saturated carbocycles. The Labute approximate surface area is 117 Å². The molecule has 1 amide bonds. The van der Waals surface area contributed by atoms with Gasteiger partial charge in [0, 0.05) is 13.1 Å². The lowest BCUT2D eigenvalue weighted by molar-refractivity contribution is 0.0678. The standard InChI is InChI=1S/C13H17FN2O3S/c1-9-3-2-6-16(8-9)13(17)11-5-4-10(7-12(11)14)20(15,18)19/h4-5,7,9H,2-3,6,8H2,1H3,(H2,15,18,19). The van der Waals surface area contributed by atoms with Crippen LogP contribution in [0.5, 0.6) is 0 Å². The van der Waals surface area contributed by atoms with Crippen molar-refractivity contribution in [1.29, 1.82) is 0 Å². The maximum atomic E-state index is 13.9. The van der Waals surface area contributed by atoms with Crippen molar-refractivity contribution in [3.05, 3.63) is 29.6 Å². The van der Waals surface area contributed by atoms with Crippen molar-refractivity contribution in [2.24, 2.45) is 11.1 Å². The number of nitrogens with zero attached hydrogens (tertiary/aromatic N) is 1. The molecule has 0 spiro atoms. The number of nitrogens with two attached hydrogens (primary N) is 1. The average molecular weight is 300 g/mol. The number of primary sulfonamides is 1. The number of hydrogen-bond donors (Lipinski definition) is 1. The lowest BCUT2D eigenvalue weighted by Crippen LogP contribution is -2.39. The van der Waals surface area contributed by atoms with Gasteiger partial charge in [0.15, 0.2) is 0 Å². The molecule has 7 heteroatoms. The van der Waals surface area contributed by atoms with E-state index in [4.69, 9.17) is 5.14 Å². The van der Waals surface area contributed by atoms with E-state index in [1.807, 2.05) is 6.92 Å². The Bertz CT molecular complexity index is 631. The molecule has 1 aromatic carbocycles. The van der Waals surface area contributed by atoms with Crippen LogP contribution < -0.4 is 5.14 Å². The molecule has 2 rings (SSSR count). The number of carbonyl (C=O) groups excluding carboxylic acids is 1. The Morgan fingerprint density at radius 1 is 1.45 bits per heavy atom. The summed E-state index contributed by atoms with van der Waals surface area (Å²) in [6.07, 6.45) is 1.94. The Morgan fingerprint density at radius 3 is 2.70 bits per heavy atom. The third kappa shape index (κ3) is 3.16. The van der Waals surface area contributed by atoms with Crippen LogP contribution in [0.4, 0.5) is 4.39 Å². The first kappa shape index (κ1) is 14.9. The number of halogens is 1. The number of rotatable bonds is 2. The molecular weight excluding hydrogens is 283 g/mol. The number of benzene rings is 1. The Morgan fingerprint density at radius 2 is 2.15 bits per heavy atom. The zero-order chi connectivity index (χ0) is 14.9. The van der Waals surface area contributed by atoms with E-state index in [0.29, 0.717) is 19.0 Å². The van der Waals surface area contributed by atoms with Gasteiger partial charge in [0.2, 0.25) is 10.0 Å². The van der Waals surface area contributed by atoms with E-state index < -0.39 is 21.7 Å². The summed E-state index contributed by atoms with van der Waals surface area (Å²) in [7, 11) is -3.97. The number of piperidine rings is 1. The van der Waals surface area contributed by atoms with Crippen LogP contribution in [0.25, 0.3) is 0 Å². The zero-order valence-corrected chi connectivity index (χ0v) is 12.0. The highest BCUT2D eigenvalue weighted by atomic mass is 32.2. The van der Waals surface area contributed by atoms with Gasteiger partial charge in [-0.2, -0.15) is 0 Å². The van der Waals surface area contributed by atoms with Crippen LogP contribution in [0.15, 0.2) is 23.1 Å². The molecular formula is C13H17FN2O3S. The van der Waals surface area contributed by atoms with Crippen LogP contribution in [0.3, 0.4) is 0 Å². The Hall–Kier alpha value is -1.47. The quantitative estimate of drug-likeness (QED) is 0.895. The first-order chi connectivity index (χ1) is 9.29. The van der Waals surface area contributed by atoms with Gasteiger partial charge in [-0.25, -0.2) is 17.9 Å². The minimum atomic E-state index is -3.97. The molecule has 1 fully saturated rings. The number of hydrogen-bond acceptors (Lipinski definition) is 3. The second kappa shape index (κ2) is 5.49. The molecule has 1 heterocycles. The molecule has 2 N–H and O–H groups in total. The minimum absolute atomic E-state index is 0.119. The van der Waals surface area contributed by atoms with E-state index in [2.05, 4.69) is 0 Å². The maximum absolute atomic E-state index is 13.9. The highest BCUT2D eigenvalue weighted by Gasteiger charge is 2.24. The van der Waals surface area contributed by atoms with Crippen LogP contribution in [0.2, 0.25) is 0 Å². The van der Waals surface area contributed by atoms with Crippen molar-refractivity contribution in [2.75, 3.05) is 13.1 Å². The number of amides is 1. The molecule has 1 unspecified atom stereocenters. The van der Waals surface area contributed by atoms with Gasteiger partial charge in [-0.05, 0) is 37.0 Å². The normalized spacial score (nSPS) is 19.9. The number of sulfonamides is 1. The van der Waals surface area contributed by atoms with Crippen molar-refractivity contribution in [2.45, 2.75) is 24.7 Å². The van der Waals surface area contributed by atoms with Gasteiger partial charge in [-0.3, -0.25) is 4.79 Å². The highest BCUT2D eigenvalue weighted by molar-refractivity contribution is 7.89. The fourth-order valence-corrected chi connectivity index (χ4v) is 2.92. The summed E-state index contributed by atoms with van der Waals surface area (Å²) < 4.78 is 36.2. The molecule has 0 bridgehead atoms. The lowest BCUT2D eigenvalue weighted by atomic mass is 9.99. The van der Waals surface area contributed by atoms with Crippen LogP contribution in [-0.2, 0) is 10.0 Å². The molecule has 1 aliphatic rings. The van der Waals surface area contributed by atoms with E-state index in [9.17, 15) is 17.6 Å². The number of carbonyl (C=O) groups is 1. The molecule has 0 radical (unpaired) electrons. The molecule has 0 aromatic heterocycles. The summed E-state index contributed by atoms with van der Waals surface area (Å²) in [5, 5.41) is 4.92. The van der Waals surface area contributed by atoms with Crippen molar-refractivity contribution in [3.8, 4) is 0 Å².